The third-order valence-corrected chi connectivity index (χ3v) is 2.84. The van der Waals surface area contributed by atoms with E-state index in [1.54, 1.807) is 0 Å². The van der Waals surface area contributed by atoms with Crippen molar-refractivity contribution in [2.45, 2.75) is 53.0 Å². The highest BCUT2D eigenvalue weighted by atomic mass is 15.2. The molecule has 1 aliphatic rings. The van der Waals surface area contributed by atoms with Gasteiger partial charge in [0, 0.05) is 12.6 Å². The molecule has 0 aromatic carbocycles. The molecule has 1 rings (SSSR count). The van der Waals surface area contributed by atoms with E-state index in [0.29, 0.717) is 0 Å². The molecule has 0 aliphatic carbocycles. The van der Waals surface area contributed by atoms with Gasteiger partial charge in [-0.15, -0.1) is 0 Å². The van der Waals surface area contributed by atoms with Gasteiger partial charge in [-0.3, -0.25) is 0 Å². The molecule has 1 fully saturated rings. The van der Waals surface area contributed by atoms with Gasteiger partial charge in [0.2, 0.25) is 0 Å². The number of hydrogen-bond donors (Lipinski definition) is 0. The maximum Gasteiger partial charge on any atom is 0.00982 e. The largest absolute Gasteiger partial charge is 0.300 e. The second kappa shape index (κ2) is 4.99. The molecule has 1 nitrogen and oxygen atoms in total. The second-order valence-corrected chi connectivity index (χ2v) is 5.31. The topological polar surface area (TPSA) is 3.24 Å². The summed E-state index contributed by atoms with van der Waals surface area (Å²) >= 11 is 0. The summed E-state index contributed by atoms with van der Waals surface area (Å²) < 4.78 is 0. The molecule has 0 N–H and O–H groups in total. The Balaban J connectivity index is 2.35. The normalized spacial score (nSPS) is 24.9. The molecule has 78 valence electrons. The SMILES string of the molecule is CC(C)CC1CCCN1CC(C)C. The molecule has 0 saturated carbocycles. The van der Waals surface area contributed by atoms with Crippen LogP contribution in [-0.2, 0) is 0 Å². The molecule has 0 amide bonds. The Bertz CT molecular complexity index is 124. The minimum Gasteiger partial charge on any atom is -0.300 e. The van der Waals surface area contributed by atoms with Crippen molar-refractivity contribution >= 4 is 0 Å². The van der Waals surface area contributed by atoms with E-state index >= 15 is 0 Å². The molecule has 0 aromatic heterocycles. The zero-order chi connectivity index (χ0) is 9.84. The third kappa shape index (κ3) is 3.68. The van der Waals surface area contributed by atoms with Crippen molar-refractivity contribution in [3.63, 3.8) is 0 Å². The van der Waals surface area contributed by atoms with Gasteiger partial charge < -0.3 is 4.90 Å². The third-order valence-electron chi connectivity index (χ3n) is 2.84. The standard InChI is InChI=1S/C12H25N/c1-10(2)8-12-6-5-7-13(12)9-11(3)4/h10-12H,5-9H2,1-4H3. The highest BCUT2D eigenvalue weighted by Crippen LogP contribution is 2.23. The van der Waals surface area contributed by atoms with E-state index in [9.17, 15) is 0 Å². The first-order chi connectivity index (χ1) is 6.09. The predicted octanol–water partition coefficient (Wildman–Crippen LogP) is 3.15. The number of rotatable bonds is 4. The number of likely N-dealkylation sites (tertiary alicyclic amines) is 1. The molecule has 0 aromatic rings. The minimum absolute atomic E-state index is 0.827. The van der Waals surface area contributed by atoms with E-state index in [-0.39, 0.29) is 0 Å². The van der Waals surface area contributed by atoms with Crippen LogP contribution in [0.4, 0.5) is 0 Å². The second-order valence-electron chi connectivity index (χ2n) is 5.31. The lowest BCUT2D eigenvalue weighted by atomic mass is 10.0. The van der Waals surface area contributed by atoms with Crippen molar-refractivity contribution in [3.8, 4) is 0 Å². The van der Waals surface area contributed by atoms with Crippen LogP contribution >= 0.6 is 0 Å². The molecular weight excluding hydrogens is 158 g/mol. The summed E-state index contributed by atoms with van der Waals surface area (Å²) in [4.78, 5) is 2.70. The molecule has 13 heavy (non-hydrogen) atoms. The van der Waals surface area contributed by atoms with Crippen molar-refractivity contribution in [3.05, 3.63) is 0 Å². The molecular formula is C12H25N. The van der Waals surface area contributed by atoms with E-state index < -0.39 is 0 Å². The van der Waals surface area contributed by atoms with Crippen LogP contribution in [0, 0.1) is 11.8 Å². The fraction of sp³-hybridized carbons (Fsp3) is 1.00. The Labute approximate surface area is 83.5 Å². The Kier molecular flexibility index (Phi) is 4.24. The van der Waals surface area contributed by atoms with E-state index in [0.717, 1.165) is 17.9 Å². The summed E-state index contributed by atoms with van der Waals surface area (Å²) in [5.74, 6) is 1.69. The van der Waals surface area contributed by atoms with Gasteiger partial charge in [0.1, 0.15) is 0 Å². The number of nitrogens with zero attached hydrogens (tertiary/aromatic N) is 1. The molecule has 0 bridgehead atoms. The minimum atomic E-state index is 0.827. The van der Waals surface area contributed by atoms with Crippen molar-refractivity contribution < 1.29 is 0 Å². The molecule has 1 heteroatoms. The van der Waals surface area contributed by atoms with Crippen molar-refractivity contribution in [1.29, 1.82) is 0 Å². The maximum atomic E-state index is 2.70. The summed E-state index contributed by atoms with van der Waals surface area (Å²) in [6, 6.07) is 0.891. The Hall–Kier alpha value is -0.0400. The molecule has 1 saturated heterocycles. The highest BCUT2D eigenvalue weighted by molar-refractivity contribution is 4.80. The smallest absolute Gasteiger partial charge is 0.00982 e. The van der Waals surface area contributed by atoms with E-state index in [2.05, 4.69) is 32.6 Å². The average molecular weight is 183 g/mol. The first-order valence-corrected chi connectivity index (χ1v) is 5.83. The summed E-state index contributed by atoms with van der Waals surface area (Å²) in [6.07, 6.45) is 4.25. The predicted molar refractivity (Wildman–Crippen MR) is 58.9 cm³/mol. The summed E-state index contributed by atoms with van der Waals surface area (Å²) in [5, 5.41) is 0. The van der Waals surface area contributed by atoms with Crippen molar-refractivity contribution in [2.24, 2.45) is 11.8 Å². The summed E-state index contributed by atoms with van der Waals surface area (Å²) in [6.45, 7) is 12.0. The average Bonchev–Trinajstić information content (AvgIpc) is 2.34. The monoisotopic (exact) mass is 183 g/mol. The van der Waals surface area contributed by atoms with Crippen LogP contribution in [0.1, 0.15) is 47.0 Å². The molecule has 1 atom stereocenters. The van der Waals surface area contributed by atoms with Crippen LogP contribution in [0.3, 0.4) is 0 Å². The first-order valence-electron chi connectivity index (χ1n) is 5.83. The molecule has 0 radical (unpaired) electrons. The Morgan fingerprint density at radius 3 is 2.38 bits per heavy atom. The molecule has 1 aliphatic heterocycles. The Morgan fingerprint density at radius 1 is 1.15 bits per heavy atom. The quantitative estimate of drug-likeness (QED) is 0.647. The van der Waals surface area contributed by atoms with Gasteiger partial charge in [-0.1, -0.05) is 27.7 Å². The lowest BCUT2D eigenvalue weighted by Gasteiger charge is -2.27. The highest BCUT2D eigenvalue weighted by Gasteiger charge is 2.24. The first kappa shape index (κ1) is 11.0. The Morgan fingerprint density at radius 2 is 1.85 bits per heavy atom. The zero-order valence-electron chi connectivity index (χ0n) is 9.71. The van der Waals surface area contributed by atoms with Crippen molar-refractivity contribution in [1.82, 2.24) is 4.90 Å². The van der Waals surface area contributed by atoms with E-state index in [4.69, 9.17) is 0 Å². The van der Waals surface area contributed by atoms with Crippen LogP contribution < -0.4 is 0 Å². The van der Waals surface area contributed by atoms with Gasteiger partial charge in [0.05, 0.1) is 0 Å². The molecule has 1 heterocycles. The lowest BCUT2D eigenvalue weighted by molar-refractivity contribution is 0.204. The molecule has 1 unspecified atom stereocenters. The van der Waals surface area contributed by atoms with Gasteiger partial charge >= 0.3 is 0 Å². The van der Waals surface area contributed by atoms with Crippen LogP contribution in [0.5, 0.6) is 0 Å². The van der Waals surface area contributed by atoms with Crippen molar-refractivity contribution in [2.75, 3.05) is 13.1 Å². The van der Waals surface area contributed by atoms with Gasteiger partial charge in [0.25, 0.3) is 0 Å². The maximum absolute atomic E-state index is 2.70. The van der Waals surface area contributed by atoms with Gasteiger partial charge in [-0.2, -0.15) is 0 Å². The number of hydrogen-bond acceptors (Lipinski definition) is 1. The fourth-order valence-electron chi connectivity index (χ4n) is 2.42. The van der Waals surface area contributed by atoms with Crippen LogP contribution in [0.25, 0.3) is 0 Å². The van der Waals surface area contributed by atoms with Gasteiger partial charge in [-0.25, -0.2) is 0 Å². The molecule has 0 spiro atoms. The van der Waals surface area contributed by atoms with Crippen LogP contribution in [-0.4, -0.2) is 24.0 Å². The fourth-order valence-corrected chi connectivity index (χ4v) is 2.42. The van der Waals surface area contributed by atoms with E-state index in [1.165, 1.54) is 32.4 Å². The zero-order valence-corrected chi connectivity index (χ0v) is 9.71. The van der Waals surface area contributed by atoms with Gasteiger partial charge in [-0.05, 0) is 37.6 Å². The summed E-state index contributed by atoms with van der Waals surface area (Å²) in [7, 11) is 0. The summed E-state index contributed by atoms with van der Waals surface area (Å²) in [5.41, 5.74) is 0. The van der Waals surface area contributed by atoms with Crippen LogP contribution in [0.2, 0.25) is 0 Å². The van der Waals surface area contributed by atoms with Crippen LogP contribution in [0.15, 0.2) is 0 Å². The van der Waals surface area contributed by atoms with Gasteiger partial charge in [0.15, 0.2) is 0 Å². The van der Waals surface area contributed by atoms with E-state index in [1.807, 2.05) is 0 Å². The lowest BCUT2D eigenvalue weighted by Crippen LogP contribution is -2.33.